The second-order valence-corrected chi connectivity index (χ2v) is 5.67. The van der Waals surface area contributed by atoms with Crippen molar-refractivity contribution in [1.82, 2.24) is 4.90 Å². The molecule has 0 bridgehead atoms. The van der Waals surface area contributed by atoms with Crippen molar-refractivity contribution >= 4 is 5.91 Å². The Morgan fingerprint density at radius 3 is 2.33 bits per heavy atom. The maximum absolute atomic E-state index is 11.8. The number of hydrogen-bond acceptors (Lipinski definition) is 2. The van der Waals surface area contributed by atoms with Crippen LogP contribution in [-0.4, -0.2) is 35.1 Å². The predicted molar refractivity (Wildman–Crippen MR) is 60.5 cm³/mol. The van der Waals surface area contributed by atoms with Gasteiger partial charge >= 0.3 is 0 Å². The fourth-order valence-corrected chi connectivity index (χ4v) is 1.76. The first-order valence-corrected chi connectivity index (χ1v) is 5.84. The van der Waals surface area contributed by atoms with Crippen molar-refractivity contribution in [3.63, 3.8) is 0 Å². The molecule has 1 N–H and O–H groups in total. The molecular weight excluding hydrogens is 190 g/mol. The molecule has 3 nitrogen and oxygen atoms in total. The Bertz CT molecular complexity index is 212. The lowest BCUT2D eigenvalue weighted by molar-refractivity contribution is -0.133. The van der Waals surface area contributed by atoms with E-state index in [9.17, 15) is 9.90 Å². The number of nitrogens with zero attached hydrogens (tertiary/aromatic N) is 1. The average molecular weight is 213 g/mol. The van der Waals surface area contributed by atoms with Crippen LogP contribution in [0, 0.1) is 5.41 Å². The first-order valence-electron chi connectivity index (χ1n) is 5.84. The molecule has 0 aromatic rings. The van der Waals surface area contributed by atoms with E-state index in [0.717, 1.165) is 32.4 Å². The van der Waals surface area contributed by atoms with Gasteiger partial charge in [-0.15, -0.1) is 0 Å². The second-order valence-electron chi connectivity index (χ2n) is 5.67. The predicted octanol–water partition coefficient (Wildman–Crippen LogP) is 1.80. The van der Waals surface area contributed by atoms with E-state index in [2.05, 4.69) is 20.8 Å². The molecule has 0 aromatic heterocycles. The van der Waals surface area contributed by atoms with Crippen molar-refractivity contribution in [1.29, 1.82) is 0 Å². The molecule has 0 unspecified atom stereocenters. The van der Waals surface area contributed by atoms with Crippen molar-refractivity contribution in [2.75, 3.05) is 13.1 Å². The Morgan fingerprint density at radius 1 is 1.33 bits per heavy atom. The van der Waals surface area contributed by atoms with Crippen LogP contribution in [0.2, 0.25) is 0 Å². The van der Waals surface area contributed by atoms with Crippen LogP contribution in [0.5, 0.6) is 0 Å². The lowest BCUT2D eigenvalue weighted by Gasteiger charge is -2.30. The maximum Gasteiger partial charge on any atom is 0.222 e. The lowest BCUT2D eigenvalue weighted by Crippen LogP contribution is -2.40. The van der Waals surface area contributed by atoms with Crippen molar-refractivity contribution in [2.24, 2.45) is 5.41 Å². The summed E-state index contributed by atoms with van der Waals surface area (Å²) in [5.74, 6) is 0.247. The summed E-state index contributed by atoms with van der Waals surface area (Å²) in [6.45, 7) is 7.91. The summed E-state index contributed by atoms with van der Waals surface area (Å²) in [7, 11) is 0. The van der Waals surface area contributed by atoms with Gasteiger partial charge < -0.3 is 10.0 Å². The van der Waals surface area contributed by atoms with Gasteiger partial charge in [0.05, 0.1) is 6.10 Å². The molecule has 1 aliphatic heterocycles. The third kappa shape index (κ3) is 4.65. The van der Waals surface area contributed by atoms with Crippen molar-refractivity contribution in [2.45, 2.75) is 52.6 Å². The maximum atomic E-state index is 11.8. The number of carbonyl (C=O) groups excluding carboxylic acids is 1. The van der Waals surface area contributed by atoms with Crippen LogP contribution >= 0.6 is 0 Å². The summed E-state index contributed by atoms with van der Waals surface area (Å²) in [5.41, 5.74) is 0.227. The lowest BCUT2D eigenvalue weighted by atomic mass is 9.90. The SMILES string of the molecule is CC(C)(C)CCC(=O)N1CCC(O)CC1. The van der Waals surface area contributed by atoms with Gasteiger partial charge in [-0.2, -0.15) is 0 Å². The highest BCUT2D eigenvalue weighted by Crippen LogP contribution is 2.22. The Labute approximate surface area is 92.5 Å². The topological polar surface area (TPSA) is 40.5 Å². The molecule has 1 amide bonds. The number of piperidine rings is 1. The molecule has 1 rings (SSSR count). The number of likely N-dealkylation sites (tertiary alicyclic amines) is 1. The van der Waals surface area contributed by atoms with Crippen LogP contribution in [0.25, 0.3) is 0 Å². The molecule has 1 fully saturated rings. The zero-order valence-corrected chi connectivity index (χ0v) is 10.1. The Hall–Kier alpha value is -0.570. The van der Waals surface area contributed by atoms with E-state index in [1.165, 1.54) is 0 Å². The van der Waals surface area contributed by atoms with Crippen LogP contribution in [0.15, 0.2) is 0 Å². The van der Waals surface area contributed by atoms with Gasteiger partial charge in [-0.3, -0.25) is 4.79 Å². The van der Waals surface area contributed by atoms with Gasteiger partial charge in [0, 0.05) is 19.5 Å². The first-order chi connectivity index (χ1) is 6.88. The fraction of sp³-hybridized carbons (Fsp3) is 0.917. The first kappa shape index (κ1) is 12.5. The zero-order chi connectivity index (χ0) is 11.5. The molecule has 1 aliphatic rings. The van der Waals surface area contributed by atoms with Crippen LogP contribution in [-0.2, 0) is 4.79 Å². The molecule has 0 spiro atoms. The number of carbonyl (C=O) groups is 1. The van der Waals surface area contributed by atoms with E-state index in [4.69, 9.17) is 0 Å². The van der Waals surface area contributed by atoms with Gasteiger partial charge in [-0.1, -0.05) is 20.8 Å². The van der Waals surface area contributed by atoms with E-state index in [1.807, 2.05) is 4.90 Å². The highest BCUT2D eigenvalue weighted by Gasteiger charge is 2.22. The summed E-state index contributed by atoms with van der Waals surface area (Å²) in [6.07, 6.45) is 2.85. The molecule has 1 saturated heterocycles. The average Bonchev–Trinajstić information content (AvgIpc) is 2.14. The van der Waals surface area contributed by atoms with E-state index in [1.54, 1.807) is 0 Å². The number of hydrogen-bond donors (Lipinski definition) is 1. The monoisotopic (exact) mass is 213 g/mol. The van der Waals surface area contributed by atoms with Crippen molar-refractivity contribution < 1.29 is 9.90 Å². The van der Waals surface area contributed by atoms with Crippen LogP contribution in [0.1, 0.15) is 46.5 Å². The summed E-state index contributed by atoms with van der Waals surface area (Å²) in [4.78, 5) is 13.7. The van der Waals surface area contributed by atoms with Gasteiger partial charge in [0.25, 0.3) is 0 Å². The smallest absolute Gasteiger partial charge is 0.222 e. The normalized spacial score (nSPS) is 19.3. The molecule has 0 atom stereocenters. The minimum Gasteiger partial charge on any atom is -0.393 e. The summed E-state index contributed by atoms with van der Waals surface area (Å²) in [6, 6.07) is 0. The van der Waals surface area contributed by atoms with Gasteiger partial charge in [0.2, 0.25) is 5.91 Å². The Morgan fingerprint density at radius 2 is 1.87 bits per heavy atom. The number of rotatable bonds is 2. The molecule has 3 heteroatoms. The number of aliphatic hydroxyl groups is 1. The van der Waals surface area contributed by atoms with Crippen LogP contribution in [0.4, 0.5) is 0 Å². The summed E-state index contributed by atoms with van der Waals surface area (Å²) in [5, 5.41) is 9.33. The largest absolute Gasteiger partial charge is 0.393 e. The van der Waals surface area contributed by atoms with E-state index >= 15 is 0 Å². The fourth-order valence-electron chi connectivity index (χ4n) is 1.76. The van der Waals surface area contributed by atoms with E-state index in [-0.39, 0.29) is 17.4 Å². The zero-order valence-electron chi connectivity index (χ0n) is 10.1. The minimum atomic E-state index is -0.198. The number of aliphatic hydroxyl groups excluding tert-OH is 1. The van der Waals surface area contributed by atoms with Crippen LogP contribution < -0.4 is 0 Å². The Kier molecular flexibility index (Phi) is 4.14. The highest BCUT2D eigenvalue weighted by atomic mass is 16.3. The molecule has 0 saturated carbocycles. The number of amides is 1. The molecule has 0 aromatic carbocycles. The van der Waals surface area contributed by atoms with Crippen LogP contribution in [0.3, 0.4) is 0 Å². The third-order valence-corrected chi connectivity index (χ3v) is 2.91. The van der Waals surface area contributed by atoms with Crippen molar-refractivity contribution in [3.8, 4) is 0 Å². The molecule has 1 heterocycles. The van der Waals surface area contributed by atoms with E-state index < -0.39 is 0 Å². The minimum absolute atomic E-state index is 0.198. The van der Waals surface area contributed by atoms with Gasteiger partial charge in [0.1, 0.15) is 0 Å². The molecule has 0 aliphatic carbocycles. The summed E-state index contributed by atoms with van der Waals surface area (Å²) >= 11 is 0. The highest BCUT2D eigenvalue weighted by molar-refractivity contribution is 5.76. The van der Waals surface area contributed by atoms with Crippen molar-refractivity contribution in [3.05, 3.63) is 0 Å². The molecule has 15 heavy (non-hydrogen) atoms. The quantitative estimate of drug-likeness (QED) is 0.760. The third-order valence-electron chi connectivity index (χ3n) is 2.91. The molecular formula is C12H23NO2. The molecule has 88 valence electrons. The standard InChI is InChI=1S/C12H23NO2/c1-12(2,3)7-4-11(15)13-8-5-10(14)6-9-13/h10,14H,4-9H2,1-3H3. The van der Waals surface area contributed by atoms with Gasteiger partial charge in [0.15, 0.2) is 0 Å². The van der Waals surface area contributed by atoms with E-state index in [0.29, 0.717) is 6.42 Å². The molecule has 0 radical (unpaired) electrons. The summed E-state index contributed by atoms with van der Waals surface area (Å²) < 4.78 is 0. The second kappa shape index (κ2) is 4.97. The Balaban J connectivity index is 2.29. The van der Waals surface area contributed by atoms with Gasteiger partial charge in [-0.05, 0) is 24.7 Å². The van der Waals surface area contributed by atoms with Gasteiger partial charge in [-0.25, -0.2) is 0 Å².